The molecule has 0 aliphatic rings. The molecule has 68 valence electrons. The first-order chi connectivity index (χ1) is 6.22. The van der Waals surface area contributed by atoms with Gasteiger partial charge in [-0.15, -0.1) is 11.3 Å². The van der Waals surface area contributed by atoms with Gasteiger partial charge in [-0.3, -0.25) is 0 Å². The van der Waals surface area contributed by atoms with Crippen LogP contribution >= 0.6 is 11.3 Å². The van der Waals surface area contributed by atoms with Crippen molar-refractivity contribution in [3.63, 3.8) is 0 Å². The van der Waals surface area contributed by atoms with Crippen molar-refractivity contribution in [3.05, 3.63) is 34.2 Å². The van der Waals surface area contributed by atoms with E-state index >= 15 is 0 Å². The molecule has 0 nitrogen and oxygen atoms in total. The van der Waals surface area contributed by atoms with Crippen molar-refractivity contribution in [2.24, 2.45) is 0 Å². The predicted molar refractivity (Wildman–Crippen MR) is 60.7 cm³/mol. The van der Waals surface area contributed by atoms with Crippen LogP contribution in [0, 0.1) is 13.8 Å². The van der Waals surface area contributed by atoms with E-state index in [-0.39, 0.29) is 0 Å². The van der Waals surface area contributed by atoms with Crippen molar-refractivity contribution in [1.82, 2.24) is 0 Å². The fourth-order valence-electron chi connectivity index (χ4n) is 1.62. The fourth-order valence-corrected chi connectivity index (χ4v) is 2.76. The largest absolute Gasteiger partial charge is 0.140 e. The van der Waals surface area contributed by atoms with Gasteiger partial charge in [0, 0.05) is 9.58 Å². The zero-order valence-corrected chi connectivity index (χ0v) is 9.16. The molecule has 0 fully saturated rings. The standard InChI is InChI=1S/C12H14S/c1-4-10-7-11-8(2)5-6-9(3)12(11)13-10/h5-7H,4H2,1-3H3. The molecule has 1 aromatic carbocycles. The lowest BCUT2D eigenvalue weighted by Crippen LogP contribution is -1.75. The summed E-state index contributed by atoms with van der Waals surface area (Å²) in [5.41, 5.74) is 2.81. The molecule has 2 rings (SSSR count). The highest BCUT2D eigenvalue weighted by Crippen LogP contribution is 2.30. The van der Waals surface area contributed by atoms with E-state index in [2.05, 4.69) is 39.0 Å². The van der Waals surface area contributed by atoms with E-state index in [1.165, 1.54) is 26.1 Å². The second kappa shape index (κ2) is 3.15. The minimum atomic E-state index is 1.15. The lowest BCUT2D eigenvalue weighted by molar-refractivity contribution is 1.19. The van der Waals surface area contributed by atoms with Gasteiger partial charge >= 0.3 is 0 Å². The number of fused-ring (bicyclic) bond motifs is 1. The molecule has 0 N–H and O–H groups in total. The normalized spacial score (nSPS) is 11.0. The molecule has 2 aromatic rings. The van der Waals surface area contributed by atoms with Gasteiger partial charge in [0.05, 0.1) is 0 Å². The van der Waals surface area contributed by atoms with Crippen LogP contribution in [0.2, 0.25) is 0 Å². The second-order valence-corrected chi connectivity index (χ2v) is 4.65. The third-order valence-electron chi connectivity index (χ3n) is 2.50. The number of rotatable bonds is 1. The molecule has 0 aliphatic heterocycles. The Morgan fingerprint density at radius 1 is 1.15 bits per heavy atom. The summed E-state index contributed by atoms with van der Waals surface area (Å²) < 4.78 is 1.47. The zero-order valence-electron chi connectivity index (χ0n) is 8.35. The molecule has 13 heavy (non-hydrogen) atoms. The van der Waals surface area contributed by atoms with Crippen LogP contribution in [-0.2, 0) is 6.42 Å². The zero-order chi connectivity index (χ0) is 9.42. The lowest BCUT2D eigenvalue weighted by Gasteiger charge is -1.97. The van der Waals surface area contributed by atoms with E-state index in [1.54, 1.807) is 0 Å². The van der Waals surface area contributed by atoms with Crippen LogP contribution in [0.1, 0.15) is 22.9 Å². The topological polar surface area (TPSA) is 0 Å². The Bertz CT molecular complexity index is 399. The highest BCUT2D eigenvalue weighted by atomic mass is 32.1. The van der Waals surface area contributed by atoms with Gasteiger partial charge in [0.25, 0.3) is 0 Å². The van der Waals surface area contributed by atoms with Crippen LogP contribution < -0.4 is 0 Å². The molecular formula is C12H14S. The molecule has 0 bridgehead atoms. The van der Waals surface area contributed by atoms with E-state index in [1.807, 2.05) is 11.3 Å². The minimum absolute atomic E-state index is 1.15. The third-order valence-corrected chi connectivity index (χ3v) is 3.91. The van der Waals surface area contributed by atoms with Gasteiger partial charge in [-0.2, -0.15) is 0 Å². The third kappa shape index (κ3) is 1.37. The molecule has 0 radical (unpaired) electrons. The van der Waals surface area contributed by atoms with Crippen molar-refractivity contribution in [2.75, 3.05) is 0 Å². The van der Waals surface area contributed by atoms with Crippen molar-refractivity contribution >= 4 is 21.4 Å². The quantitative estimate of drug-likeness (QED) is 0.635. The van der Waals surface area contributed by atoms with Crippen molar-refractivity contribution in [1.29, 1.82) is 0 Å². The smallest absolute Gasteiger partial charge is 0.0377 e. The highest BCUT2D eigenvalue weighted by molar-refractivity contribution is 7.19. The number of hydrogen-bond donors (Lipinski definition) is 0. The molecule has 0 unspecified atom stereocenters. The van der Waals surface area contributed by atoms with E-state index in [4.69, 9.17) is 0 Å². The summed E-state index contributed by atoms with van der Waals surface area (Å²) >= 11 is 1.94. The molecule has 0 saturated carbocycles. The first-order valence-corrected chi connectivity index (χ1v) is 5.52. The highest BCUT2D eigenvalue weighted by Gasteiger charge is 2.04. The van der Waals surface area contributed by atoms with E-state index < -0.39 is 0 Å². The minimum Gasteiger partial charge on any atom is -0.140 e. The summed E-state index contributed by atoms with van der Waals surface area (Å²) in [6, 6.07) is 6.76. The number of thiophene rings is 1. The van der Waals surface area contributed by atoms with E-state index in [0.29, 0.717) is 0 Å². The summed E-state index contributed by atoms with van der Waals surface area (Å²) in [7, 11) is 0. The Morgan fingerprint density at radius 2 is 1.85 bits per heavy atom. The van der Waals surface area contributed by atoms with Gasteiger partial charge in [0.1, 0.15) is 0 Å². The Labute approximate surface area is 83.2 Å². The molecule has 1 heteroatoms. The Morgan fingerprint density at radius 3 is 2.46 bits per heavy atom. The van der Waals surface area contributed by atoms with Crippen molar-refractivity contribution in [3.8, 4) is 0 Å². The maximum absolute atomic E-state index is 2.34. The fraction of sp³-hybridized carbons (Fsp3) is 0.333. The van der Waals surface area contributed by atoms with E-state index in [0.717, 1.165) is 6.42 Å². The summed E-state index contributed by atoms with van der Waals surface area (Å²) in [4.78, 5) is 1.49. The van der Waals surface area contributed by atoms with Gasteiger partial charge in [0.2, 0.25) is 0 Å². The van der Waals surface area contributed by atoms with Gasteiger partial charge in [0.15, 0.2) is 0 Å². The Hall–Kier alpha value is -0.820. The van der Waals surface area contributed by atoms with Gasteiger partial charge < -0.3 is 0 Å². The van der Waals surface area contributed by atoms with Crippen molar-refractivity contribution in [2.45, 2.75) is 27.2 Å². The second-order valence-electron chi connectivity index (χ2n) is 3.51. The lowest BCUT2D eigenvalue weighted by atomic mass is 10.1. The molecule has 0 aliphatic carbocycles. The first kappa shape index (κ1) is 8.76. The van der Waals surface area contributed by atoms with Crippen LogP contribution in [0.4, 0.5) is 0 Å². The summed E-state index contributed by atoms with van der Waals surface area (Å²) in [6.07, 6.45) is 1.15. The number of aryl methyl sites for hydroxylation is 3. The summed E-state index contributed by atoms with van der Waals surface area (Å²) in [5.74, 6) is 0. The number of benzene rings is 1. The van der Waals surface area contributed by atoms with Crippen LogP contribution in [-0.4, -0.2) is 0 Å². The van der Waals surface area contributed by atoms with Crippen LogP contribution in [0.25, 0.3) is 10.1 Å². The van der Waals surface area contributed by atoms with Gasteiger partial charge in [-0.05, 0) is 42.8 Å². The van der Waals surface area contributed by atoms with Crippen LogP contribution in [0.5, 0.6) is 0 Å². The molecular weight excluding hydrogens is 176 g/mol. The van der Waals surface area contributed by atoms with Gasteiger partial charge in [-0.25, -0.2) is 0 Å². The first-order valence-electron chi connectivity index (χ1n) is 4.71. The van der Waals surface area contributed by atoms with Gasteiger partial charge in [-0.1, -0.05) is 19.1 Å². The van der Waals surface area contributed by atoms with Crippen LogP contribution in [0.3, 0.4) is 0 Å². The molecule has 1 aromatic heterocycles. The Balaban J connectivity index is 2.80. The average Bonchev–Trinajstić information content (AvgIpc) is 2.56. The monoisotopic (exact) mass is 190 g/mol. The predicted octanol–water partition coefficient (Wildman–Crippen LogP) is 4.08. The number of hydrogen-bond acceptors (Lipinski definition) is 1. The maximum atomic E-state index is 2.34. The molecule has 0 amide bonds. The molecule has 1 heterocycles. The van der Waals surface area contributed by atoms with E-state index in [9.17, 15) is 0 Å². The summed E-state index contributed by atoms with van der Waals surface area (Å²) in [5, 5.41) is 1.45. The summed E-state index contributed by atoms with van der Waals surface area (Å²) in [6.45, 7) is 6.60. The average molecular weight is 190 g/mol. The SMILES string of the molecule is CCc1cc2c(C)ccc(C)c2s1. The molecule has 0 atom stereocenters. The maximum Gasteiger partial charge on any atom is 0.0377 e. The van der Waals surface area contributed by atoms with Crippen molar-refractivity contribution < 1.29 is 0 Å². The molecule has 0 saturated heterocycles. The molecule has 0 spiro atoms. The Kier molecular flexibility index (Phi) is 2.12. The van der Waals surface area contributed by atoms with Crippen LogP contribution in [0.15, 0.2) is 18.2 Å².